The molecule has 16 heavy (non-hydrogen) atoms. The van der Waals surface area contributed by atoms with E-state index in [2.05, 4.69) is 4.98 Å². The molecule has 6 nitrogen and oxygen atoms in total. The zero-order chi connectivity index (χ0) is 12.1. The maximum absolute atomic E-state index is 10.7. The molecule has 0 bridgehead atoms. The van der Waals surface area contributed by atoms with Gasteiger partial charge in [-0.3, -0.25) is 10.1 Å². The van der Waals surface area contributed by atoms with Crippen molar-refractivity contribution in [2.45, 2.75) is 0 Å². The molecule has 1 rings (SSSR count). The van der Waals surface area contributed by atoms with Gasteiger partial charge < -0.3 is 9.64 Å². The molecule has 1 aromatic heterocycles. The van der Waals surface area contributed by atoms with Crippen LogP contribution in [0, 0.1) is 10.1 Å². The van der Waals surface area contributed by atoms with Crippen LogP contribution in [0.25, 0.3) is 6.08 Å². The molecule has 1 heterocycles. The van der Waals surface area contributed by atoms with Gasteiger partial charge in [-0.1, -0.05) is 0 Å². The third-order valence-electron chi connectivity index (χ3n) is 1.81. The standard InChI is InChI=1S/C10H13N3O3/c1-12(2)7-6-8-9(13(14)15)4-5-10(11-8)16-3/h4-7H,1-3H3/b7-6+. The second-order valence-corrected chi connectivity index (χ2v) is 3.29. The fourth-order valence-electron chi connectivity index (χ4n) is 1.06. The second-order valence-electron chi connectivity index (χ2n) is 3.29. The number of rotatable bonds is 4. The van der Waals surface area contributed by atoms with Gasteiger partial charge in [0.1, 0.15) is 5.69 Å². The predicted molar refractivity (Wildman–Crippen MR) is 60.2 cm³/mol. The molecule has 6 heteroatoms. The minimum absolute atomic E-state index is 0.0427. The van der Waals surface area contributed by atoms with E-state index in [-0.39, 0.29) is 11.4 Å². The van der Waals surface area contributed by atoms with Crippen molar-refractivity contribution >= 4 is 11.8 Å². The average Bonchev–Trinajstić information content (AvgIpc) is 2.25. The first-order valence-electron chi connectivity index (χ1n) is 4.58. The highest BCUT2D eigenvalue weighted by molar-refractivity contribution is 5.57. The summed E-state index contributed by atoms with van der Waals surface area (Å²) in [7, 11) is 5.11. The molecule has 0 amide bonds. The Morgan fingerprint density at radius 1 is 1.50 bits per heavy atom. The maximum Gasteiger partial charge on any atom is 0.295 e. The Kier molecular flexibility index (Phi) is 3.82. The molecule has 86 valence electrons. The van der Waals surface area contributed by atoms with Gasteiger partial charge in [0.15, 0.2) is 0 Å². The first-order valence-corrected chi connectivity index (χ1v) is 4.58. The smallest absolute Gasteiger partial charge is 0.295 e. The van der Waals surface area contributed by atoms with E-state index in [0.29, 0.717) is 5.88 Å². The lowest BCUT2D eigenvalue weighted by Gasteiger charge is -2.04. The molecule has 0 unspecified atom stereocenters. The predicted octanol–water partition coefficient (Wildman–Crippen LogP) is 1.53. The molecule has 0 spiro atoms. The number of ether oxygens (including phenoxy) is 1. The van der Waals surface area contributed by atoms with E-state index in [0.717, 1.165) is 0 Å². The summed E-state index contributed by atoms with van der Waals surface area (Å²) in [6.45, 7) is 0. The van der Waals surface area contributed by atoms with Gasteiger partial charge in [0.2, 0.25) is 5.88 Å². The van der Waals surface area contributed by atoms with Gasteiger partial charge in [-0.25, -0.2) is 4.98 Å². The molecule has 0 N–H and O–H groups in total. The van der Waals surface area contributed by atoms with Crippen LogP contribution in [-0.4, -0.2) is 36.0 Å². The zero-order valence-corrected chi connectivity index (χ0v) is 9.38. The molecule has 0 aromatic carbocycles. The molecule has 0 radical (unpaired) electrons. The van der Waals surface area contributed by atoms with Crippen molar-refractivity contribution in [3.63, 3.8) is 0 Å². The molecule has 0 aliphatic carbocycles. The van der Waals surface area contributed by atoms with Gasteiger partial charge >= 0.3 is 0 Å². The fourth-order valence-corrected chi connectivity index (χ4v) is 1.06. The number of hydrogen-bond donors (Lipinski definition) is 0. The van der Waals surface area contributed by atoms with Gasteiger partial charge in [-0.2, -0.15) is 0 Å². The third-order valence-corrected chi connectivity index (χ3v) is 1.81. The largest absolute Gasteiger partial charge is 0.481 e. The van der Waals surface area contributed by atoms with Crippen molar-refractivity contribution < 1.29 is 9.66 Å². The molecular weight excluding hydrogens is 210 g/mol. The molecule has 0 atom stereocenters. The molecule has 0 fully saturated rings. The molecule has 0 saturated heterocycles. The van der Waals surface area contributed by atoms with Gasteiger partial charge in [0.05, 0.1) is 12.0 Å². The molecule has 0 saturated carbocycles. The summed E-state index contributed by atoms with van der Waals surface area (Å²) in [5, 5.41) is 10.7. The van der Waals surface area contributed by atoms with Crippen molar-refractivity contribution in [3.05, 3.63) is 34.1 Å². The van der Waals surface area contributed by atoms with Crippen molar-refractivity contribution in [2.75, 3.05) is 21.2 Å². The van der Waals surface area contributed by atoms with Crippen LogP contribution in [0.3, 0.4) is 0 Å². The second kappa shape index (κ2) is 5.11. The summed E-state index contributed by atoms with van der Waals surface area (Å²) in [6.07, 6.45) is 3.26. The molecule has 0 aliphatic rings. The van der Waals surface area contributed by atoms with Crippen LogP contribution in [0.4, 0.5) is 5.69 Å². The lowest BCUT2D eigenvalue weighted by molar-refractivity contribution is -0.385. The Morgan fingerprint density at radius 3 is 2.69 bits per heavy atom. The van der Waals surface area contributed by atoms with Crippen molar-refractivity contribution in [2.24, 2.45) is 0 Å². The first-order chi connectivity index (χ1) is 7.54. The number of nitro groups is 1. The SMILES string of the molecule is COc1ccc([N+](=O)[O-])c(/C=C/N(C)C)n1. The normalized spacial score (nSPS) is 10.4. The quantitative estimate of drug-likeness (QED) is 0.572. The summed E-state index contributed by atoms with van der Waals surface area (Å²) in [4.78, 5) is 16.0. The highest BCUT2D eigenvalue weighted by Crippen LogP contribution is 2.21. The number of aromatic nitrogens is 1. The van der Waals surface area contributed by atoms with Crippen molar-refractivity contribution in [1.29, 1.82) is 0 Å². The summed E-state index contributed by atoms with van der Waals surface area (Å²) >= 11 is 0. The minimum Gasteiger partial charge on any atom is -0.481 e. The Hall–Kier alpha value is -2.11. The summed E-state index contributed by atoms with van der Waals surface area (Å²) < 4.78 is 4.92. The van der Waals surface area contributed by atoms with Crippen LogP contribution in [0.2, 0.25) is 0 Å². The van der Waals surface area contributed by atoms with Gasteiger partial charge in [0, 0.05) is 32.4 Å². The van der Waals surface area contributed by atoms with Crippen LogP contribution >= 0.6 is 0 Å². The summed E-state index contributed by atoms with van der Waals surface area (Å²) in [6, 6.07) is 2.84. The van der Waals surface area contributed by atoms with E-state index in [1.165, 1.54) is 19.2 Å². The van der Waals surface area contributed by atoms with Crippen LogP contribution in [-0.2, 0) is 0 Å². The molecule has 1 aromatic rings. The average molecular weight is 223 g/mol. The van der Waals surface area contributed by atoms with Crippen LogP contribution in [0.15, 0.2) is 18.3 Å². The van der Waals surface area contributed by atoms with Crippen LogP contribution in [0.1, 0.15) is 5.69 Å². The van der Waals surface area contributed by atoms with E-state index < -0.39 is 4.92 Å². The van der Waals surface area contributed by atoms with Crippen LogP contribution in [0.5, 0.6) is 5.88 Å². The highest BCUT2D eigenvalue weighted by Gasteiger charge is 2.13. The minimum atomic E-state index is -0.470. The fraction of sp³-hybridized carbons (Fsp3) is 0.300. The number of methoxy groups -OCH3 is 1. The molecule has 0 aliphatic heterocycles. The van der Waals surface area contributed by atoms with E-state index in [1.807, 2.05) is 14.1 Å². The lowest BCUT2D eigenvalue weighted by Crippen LogP contribution is -2.01. The maximum atomic E-state index is 10.7. The Bertz CT molecular complexity index is 416. The zero-order valence-electron chi connectivity index (χ0n) is 9.38. The topological polar surface area (TPSA) is 68.5 Å². The third kappa shape index (κ3) is 2.94. The van der Waals surface area contributed by atoms with Crippen molar-refractivity contribution in [3.8, 4) is 5.88 Å². The molecular formula is C10H13N3O3. The highest BCUT2D eigenvalue weighted by atomic mass is 16.6. The lowest BCUT2D eigenvalue weighted by atomic mass is 10.3. The van der Waals surface area contributed by atoms with E-state index in [1.54, 1.807) is 17.2 Å². The number of pyridine rings is 1. The Morgan fingerprint density at radius 2 is 2.19 bits per heavy atom. The number of hydrogen-bond acceptors (Lipinski definition) is 5. The van der Waals surface area contributed by atoms with E-state index in [4.69, 9.17) is 4.74 Å². The van der Waals surface area contributed by atoms with Crippen molar-refractivity contribution in [1.82, 2.24) is 9.88 Å². The Balaban J connectivity index is 3.15. The summed E-state index contributed by atoms with van der Waals surface area (Å²) in [5.74, 6) is 0.351. The van der Waals surface area contributed by atoms with E-state index in [9.17, 15) is 10.1 Å². The van der Waals surface area contributed by atoms with E-state index >= 15 is 0 Å². The van der Waals surface area contributed by atoms with Gasteiger partial charge in [-0.15, -0.1) is 0 Å². The monoisotopic (exact) mass is 223 g/mol. The first kappa shape index (κ1) is 12.0. The number of nitrogens with zero attached hydrogens (tertiary/aromatic N) is 3. The van der Waals surface area contributed by atoms with Gasteiger partial charge in [-0.05, 0) is 6.08 Å². The van der Waals surface area contributed by atoms with Gasteiger partial charge in [0.25, 0.3) is 5.69 Å². The van der Waals surface area contributed by atoms with Crippen LogP contribution < -0.4 is 4.74 Å². The summed E-state index contributed by atoms with van der Waals surface area (Å²) in [5.41, 5.74) is 0.233. The Labute approximate surface area is 93.3 Å².